The summed E-state index contributed by atoms with van der Waals surface area (Å²) < 4.78 is 51.6. The lowest BCUT2D eigenvalue weighted by Gasteiger charge is -2.30. The predicted octanol–water partition coefficient (Wildman–Crippen LogP) is 4.14. The fourth-order valence-corrected chi connectivity index (χ4v) is 3.24. The van der Waals surface area contributed by atoms with Gasteiger partial charge in [0.15, 0.2) is 5.76 Å². The summed E-state index contributed by atoms with van der Waals surface area (Å²) >= 11 is 0. The van der Waals surface area contributed by atoms with Crippen LogP contribution in [0.5, 0.6) is 5.75 Å². The molecule has 0 N–H and O–H groups in total. The molecule has 0 spiro atoms. The number of aromatic nitrogens is 2. The number of hydrogen-bond acceptors (Lipinski definition) is 6. The topological polar surface area (TPSA) is 81.6 Å². The molecule has 0 saturated carbocycles. The molecule has 152 valence electrons. The Kier molecular flexibility index (Phi) is 4.99. The van der Waals surface area contributed by atoms with E-state index >= 15 is 0 Å². The number of alkyl halides is 3. The highest BCUT2D eigenvalue weighted by Gasteiger charge is 2.32. The van der Waals surface area contributed by atoms with Crippen LogP contribution in [0.4, 0.5) is 18.9 Å². The normalized spacial score (nSPS) is 14.0. The first-order valence-electron chi connectivity index (χ1n) is 8.94. The molecular formula is C19H16F3N3O4. The van der Waals surface area contributed by atoms with Crippen LogP contribution in [0.3, 0.4) is 0 Å². The molecule has 1 amide bonds. The third kappa shape index (κ3) is 4.41. The van der Waals surface area contributed by atoms with Crippen molar-refractivity contribution in [3.63, 3.8) is 0 Å². The molecule has 4 rings (SSSR count). The molecule has 0 atom stereocenters. The second-order valence-corrected chi connectivity index (χ2v) is 6.48. The van der Waals surface area contributed by atoms with Crippen molar-refractivity contribution in [1.29, 1.82) is 0 Å². The van der Waals surface area contributed by atoms with Crippen LogP contribution in [-0.4, -0.2) is 29.0 Å². The second kappa shape index (κ2) is 7.61. The van der Waals surface area contributed by atoms with Gasteiger partial charge in [-0.2, -0.15) is 4.98 Å². The third-order valence-electron chi connectivity index (χ3n) is 4.47. The Balaban J connectivity index is 1.42. The molecule has 0 saturated heterocycles. The minimum Gasteiger partial charge on any atom is -0.461 e. The lowest BCUT2D eigenvalue weighted by molar-refractivity contribution is -0.274. The molecular weight excluding hydrogens is 391 g/mol. The highest BCUT2D eigenvalue weighted by molar-refractivity contribution is 5.94. The van der Waals surface area contributed by atoms with E-state index in [9.17, 15) is 18.0 Å². The molecule has 3 aromatic rings. The molecule has 0 aliphatic carbocycles. The maximum atomic E-state index is 12.7. The lowest BCUT2D eigenvalue weighted by Crippen LogP contribution is -2.35. The number of halogens is 3. The van der Waals surface area contributed by atoms with Gasteiger partial charge in [-0.3, -0.25) is 4.79 Å². The first kappa shape index (κ1) is 19.0. The van der Waals surface area contributed by atoms with Gasteiger partial charge in [-0.05, 0) is 48.7 Å². The number of carbonyl (C=O) groups is 1. The first-order valence-corrected chi connectivity index (χ1v) is 8.94. The molecule has 7 nitrogen and oxygen atoms in total. The van der Waals surface area contributed by atoms with Gasteiger partial charge < -0.3 is 18.6 Å². The second-order valence-electron chi connectivity index (χ2n) is 6.48. The van der Waals surface area contributed by atoms with Crippen LogP contribution in [0.1, 0.15) is 24.3 Å². The average Bonchev–Trinajstić information content (AvgIpc) is 3.35. The van der Waals surface area contributed by atoms with Gasteiger partial charge in [0, 0.05) is 25.1 Å². The molecule has 0 fully saturated rings. The van der Waals surface area contributed by atoms with E-state index in [1.165, 1.54) is 24.5 Å². The number of nitrogens with zero attached hydrogens (tertiary/aromatic N) is 3. The SMILES string of the molecule is O=C(CCc1nc(-c2ccco2)no1)N1CCCc2cc(OC(F)(F)F)ccc21. The molecule has 2 aromatic heterocycles. The van der Waals surface area contributed by atoms with Gasteiger partial charge in [0.05, 0.1) is 6.26 Å². The van der Waals surface area contributed by atoms with Crippen LogP contribution >= 0.6 is 0 Å². The fourth-order valence-electron chi connectivity index (χ4n) is 3.24. The van der Waals surface area contributed by atoms with Crippen LogP contribution in [0.15, 0.2) is 45.5 Å². The Morgan fingerprint density at radius 2 is 2.14 bits per heavy atom. The summed E-state index contributed by atoms with van der Waals surface area (Å²) in [5.41, 5.74) is 1.24. The molecule has 1 aromatic carbocycles. The molecule has 0 radical (unpaired) electrons. The summed E-state index contributed by atoms with van der Waals surface area (Å²) in [7, 11) is 0. The standard InChI is InChI=1S/C19H16F3N3O4/c20-19(21,22)28-13-5-6-14-12(11-13)3-1-9-25(14)17(26)8-7-16-23-18(24-29-16)15-4-2-10-27-15/h2,4-6,10-11H,1,3,7-9H2. The zero-order chi connectivity index (χ0) is 20.4. The van der Waals surface area contributed by atoms with E-state index < -0.39 is 6.36 Å². The van der Waals surface area contributed by atoms with E-state index in [-0.39, 0.29) is 24.5 Å². The third-order valence-corrected chi connectivity index (χ3v) is 4.47. The predicted molar refractivity (Wildman–Crippen MR) is 94.1 cm³/mol. The van der Waals surface area contributed by atoms with Crippen molar-refractivity contribution in [2.24, 2.45) is 0 Å². The average molecular weight is 407 g/mol. The highest BCUT2D eigenvalue weighted by Crippen LogP contribution is 2.33. The van der Waals surface area contributed by atoms with Crippen molar-refractivity contribution in [3.8, 4) is 17.3 Å². The molecule has 1 aliphatic rings. The van der Waals surface area contributed by atoms with Crippen molar-refractivity contribution in [1.82, 2.24) is 10.1 Å². The number of carbonyl (C=O) groups excluding carboxylic acids is 1. The quantitative estimate of drug-likeness (QED) is 0.632. The van der Waals surface area contributed by atoms with Crippen molar-refractivity contribution < 1.29 is 31.6 Å². The molecule has 29 heavy (non-hydrogen) atoms. The molecule has 3 heterocycles. The van der Waals surface area contributed by atoms with E-state index in [0.717, 1.165) is 0 Å². The largest absolute Gasteiger partial charge is 0.573 e. The number of anilines is 1. The van der Waals surface area contributed by atoms with Gasteiger partial charge in [-0.1, -0.05) is 5.16 Å². The van der Waals surface area contributed by atoms with Gasteiger partial charge in [0.1, 0.15) is 5.75 Å². The van der Waals surface area contributed by atoms with Gasteiger partial charge in [0.2, 0.25) is 17.6 Å². The lowest BCUT2D eigenvalue weighted by atomic mass is 10.0. The Labute approximate surface area is 163 Å². The number of aryl methyl sites for hydroxylation is 2. The van der Waals surface area contributed by atoms with Crippen LogP contribution in [0.2, 0.25) is 0 Å². The highest BCUT2D eigenvalue weighted by atomic mass is 19.4. The number of amides is 1. The van der Waals surface area contributed by atoms with Crippen molar-refractivity contribution in [2.45, 2.75) is 32.0 Å². The van der Waals surface area contributed by atoms with Crippen LogP contribution < -0.4 is 9.64 Å². The Bertz CT molecular complexity index is 999. The van der Waals surface area contributed by atoms with Crippen molar-refractivity contribution >= 4 is 11.6 Å². The molecule has 0 bridgehead atoms. The minimum absolute atomic E-state index is 0.125. The number of fused-ring (bicyclic) bond motifs is 1. The van der Waals surface area contributed by atoms with Gasteiger partial charge in [-0.15, -0.1) is 13.2 Å². The van der Waals surface area contributed by atoms with Crippen LogP contribution in [0, 0.1) is 0 Å². The number of ether oxygens (including phenoxy) is 1. The number of rotatable bonds is 5. The zero-order valence-corrected chi connectivity index (χ0v) is 15.1. The van der Waals surface area contributed by atoms with E-state index in [2.05, 4.69) is 14.9 Å². The summed E-state index contributed by atoms with van der Waals surface area (Å²) in [6, 6.07) is 7.42. The number of furan rings is 1. The van der Waals surface area contributed by atoms with E-state index in [4.69, 9.17) is 8.94 Å². The number of hydrogen-bond donors (Lipinski definition) is 0. The van der Waals surface area contributed by atoms with Crippen LogP contribution in [-0.2, 0) is 17.6 Å². The maximum absolute atomic E-state index is 12.7. The van der Waals surface area contributed by atoms with E-state index in [1.54, 1.807) is 17.0 Å². The Morgan fingerprint density at radius 3 is 2.90 bits per heavy atom. The van der Waals surface area contributed by atoms with Crippen molar-refractivity contribution in [3.05, 3.63) is 48.0 Å². The summed E-state index contributed by atoms with van der Waals surface area (Å²) in [5, 5.41) is 3.81. The maximum Gasteiger partial charge on any atom is 0.573 e. The van der Waals surface area contributed by atoms with E-state index in [0.29, 0.717) is 48.1 Å². The summed E-state index contributed by atoms with van der Waals surface area (Å²) in [6.45, 7) is 0.493. The summed E-state index contributed by atoms with van der Waals surface area (Å²) in [5.74, 6) is 0.608. The monoisotopic (exact) mass is 407 g/mol. The van der Waals surface area contributed by atoms with Crippen molar-refractivity contribution in [2.75, 3.05) is 11.4 Å². The van der Waals surface area contributed by atoms with Crippen LogP contribution in [0.25, 0.3) is 11.6 Å². The smallest absolute Gasteiger partial charge is 0.461 e. The van der Waals surface area contributed by atoms with Gasteiger partial charge >= 0.3 is 6.36 Å². The fraction of sp³-hybridized carbons (Fsp3) is 0.316. The van der Waals surface area contributed by atoms with Gasteiger partial charge in [-0.25, -0.2) is 0 Å². The number of benzene rings is 1. The summed E-state index contributed by atoms with van der Waals surface area (Å²) in [4.78, 5) is 18.5. The van der Waals surface area contributed by atoms with E-state index in [1.807, 2.05) is 0 Å². The molecule has 0 unspecified atom stereocenters. The Hall–Kier alpha value is -3.30. The Morgan fingerprint density at radius 1 is 1.28 bits per heavy atom. The minimum atomic E-state index is -4.75. The molecule has 1 aliphatic heterocycles. The summed E-state index contributed by atoms with van der Waals surface area (Å²) in [6.07, 6.45) is -1.67. The molecule has 10 heteroatoms. The first-order chi connectivity index (χ1) is 13.9. The zero-order valence-electron chi connectivity index (χ0n) is 15.1. The van der Waals surface area contributed by atoms with Gasteiger partial charge in [0.25, 0.3) is 0 Å².